The summed E-state index contributed by atoms with van der Waals surface area (Å²) in [5.74, 6) is -1.49. The van der Waals surface area contributed by atoms with E-state index >= 15 is 0 Å². The molecule has 2 aliphatic rings. The Morgan fingerprint density at radius 3 is 2.81 bits per heavy atom. The van der Waals surface area contributed by atoms with Crippen molar-refractivity contribution in [1.82, 2.24) is 4.98 Å². The van der Waals surface area contributed by atoms with E-state index in [1.54, 1.807) is 11.0 Å². The van der Waals surface area contributed by atoms with Crippen LogP contribution in [0.5, 0.6) is 0 Å². The molecule has 2 aliphatic heterocycles. The van der Waals surface area contributed by atoms with Crippen molar-refractivity contribution in [3.63, 3.8) is 0 Å². The maximum atomic E-state index is 14.6. The molecule has 2 fully saturated rings. The molecule has 0 aliphatic carbocycles. The molecule has 0 radical (unpaired) electrons. The van der Waals surface area contributed by atoms with Crippen molar-refractivity contribution < 1.29 is 28.2 Å². The molecular formula is C22H25F2N3O4. The number of hydrogen-bond donors (Lipinski definition) is 1. The molecule has 7 nitrogen and oxygen atoms in total. The van der Waals surface area contributed by atoms with E-state index in [0.29, 0.717) is 38.3 Å². The number of ether oxygens (including phenoxy) is 2. The van der Waals surface area contributed by atoms with Gasteiger partial charge in [0.05, 0.1) is 38.1 Å². The van der Waals surface area contributed by atoms with E-state index in [-0.39, 0.29) is 23.0 Å². The van der Waals surface area contributed by atoms with Gasteiger partial charge in [-0.2, -0.15) is 0 Å². The topological polar surface area (TPSA) is 76.4 Å². The van der Waals surface area contributed by atoms with E-state index in [0.717, 1.165) is 5.71 Å². The summed E-state index contributed by atoms with van der Waals surface area (Å²) in [7, 11) is 0. The number of aromatic nitrogens is 1. The Balaban J connectivity index is 1.30. The molecule has 1 aromatic carbocycles. The summed E-state index contributed by atoms with van der Waals surface area (Å²) in [6.45, 7) is 5.09. The molecule has 0 saturated carbocycles. The zero-order valence-electron chi connectivity index (χ0n) is 17.5. The van der Waals surface area contributed by atoms with E-state index < -0.39 is 24.0 Å². The van der Waals surface area contributed by atoms with Crippen LogP contribution in [0.15, 0.2) is 35.6 Å². The zero-order chi connectivity index (χ0) is 22.0. The number of anilines is 1. The number of aliphatic hydroxyl groups excluding tert-OH is 1. The van der Waals surface area contributed by atoms with E-state index in [4.69, 9.17) is 14.3 Å². The minimum absolute atomic E-state index is 0.00666. The summed E-state index contributed by atoms with van der Waals surface area (Å²) < 4.78 is 40.2. The third-order valence-electron chi connectivity index (χ3n) is 5.22. The monoisotopic (exact) mass is 433 g/mol. The molecule has 1 N–H and O–H groups in total. The highest BCUT2D eigenvalue weighted by Gasteiger charge is 2.32. The van der Waals surface area contributed by atoms with Gasteiger partial charge < -0.3 is 24.3 Å². The molecule has 2 saturated heterocycles. The standard InChI is InChI=1S/C22H25F2N3O4/c1-22(2)29-13-17(31-22)6-7-30-26-16-10-27(11-16)21-19(23)8-15(9-25-21)18-5-3-4-14(12-28)20(18)24/h3-5,8-9,17,28H,6-7,10-13H2,1-2H3. The Hall–Kier alpha value is -2.62. The Morgan fingerprint density at radius 1 is 1.32 bits per heavy atom. The first kappa shape index (κ1) is 21.6. The number of rotatable bonds is 7. The molecule has 0 bridgehead atoms. The molecular weight excluding hydrogens is 408 g/mol. The maximum absolute atomic E-state index is 14.6. The third-order valence-corrected chi connectivity index (χ3v) is 5.22. The summed E-state index contributed by atoms with van der Waals surface area (Å²) in [5, 5.41) is 13.3. The van der Waals surface area contributed by atoms with Crippen LogP contribution in [0.2, 0.25) is 0 Å². The van der Waals surface area contributed by atoms with E-state index in [9.17, 15) is 13.9 Å². The Bertz CT molecular complexity index is 975. The maximum Gasteiger partial charge on any atom is 0.166 e. The van der Waals surface area contributed by atoms with Gasteiger partial charge in [-0.1, -0.05) is 23.4 Å². The minimum atomic E-state index is -0.576. The van der Waals surface area contributed by atoms with Gasteiger partial charge in [-0.05, 0) is 19.9 Å². The second kappa shape index (κ2) is 8.86. The molecule has 3 heterocycles. The molecule has 1 atom stereocenters. The molecule has 2 aromatic rings. The largest absolute Gasteiger partial charge is 0.396 e. The van der Waals surface area contributed by atoms with Crippen molar-refractivity contribution in [1.29, 1.82) is 0 Å². The Morgan fingerprint density at radius 2 is 2.13 bits per heavy atom. The Kier molecular flexibility index (Phi) is 6.17. The van der Waals surface area contributed by atoms with Crippen LogP contribution in [0.3, 0.4) is 0 Å². The van der Waals surface area contributed by atoms with E-state index in [1.807, 2.05) is 13.8 Å². The van der Waals surface area contributed by atoms with E-state index in [1.165, 1.54) is 24.4 Å². The molecule has 4 rings (SSSR count). The van der Waals surface area contributed by atoms with Gasteiger partial charge >= 0.3 is 0 Å². The summed E-state index contributed by atoms with van der Waals surface area (Å²) in [6.07, 6.45) is 2.09. The van der Waals surface area contributed by atoms with Crippen LogP contribution in [0.1, 0.15) is 25.8 Å². The number of pyridine rings is 1. The van der Waals surface area contributed by atoms with Gasteiger partial charge in [0.25, 0.3) is 0 Å². The fraction of sp³-hybridized carbons (Fsp3) is 0.455. The van der Waals surface area contributed by atoms with Gasteiger partial charge in [0.2, 0.25) is 0 Å². The predicted molar refractivity (Wildman–Crippen MR) is 111 cm³/mol. The summed E-state index contributed by atoms with van der Waals surface area (Å²) >= 11 is 0. The highest BCUT2D eigenvalue weighted by Crippen LogP contribution is 2.29. The lowest BCUT2D eigenvalue weighted by Crippen LogP contribution is -2.48. The highest BCUT2D eigenvalue weighted by molar-refractivity contribution is 5.99. The van der Waals surface area contributed by atoms with Crippen LogP contribution in [-0.2, 0) is 20.9 Å². The molecule has 9 heteroatoms. The van der Waals surface area contributed by atoms with Gasteiger partial charge in [0, 0.05) is 29.3 Å². The normalized spacial score (nSPS) is 20.0. The van der Waals surface area contributed by atoms with Crippen molar-refractivity contribution >= 4 is 11.5 Å². The van der Waals surface area contributed by atoms with Gasteiger partial charge in [-0.25, -0.2) is 13.8 Å². The molecule has 1 aromatic heterocycles. The first-order chi connectivity index (χ1) is 14.9. The first-order valence-electron chi connectivity index (χ1n) is 10.1. The predicted octanol–water partition coefficient (Wildman–Crippen LogP) is 3.25. The number of benzene rings is 1. The third kappa shape index (κ3) is 4.84. The fourth-order valence-electron chi connectivity index (χ4n) is 3.56. The molecule has 0 amide bonds. The zero-order valence-corrected chi connectivity index (χ0v) is 17.5. The van der Waals surface area contributed by atoms with Crippen LogP contribution in [0.4, 0.5) is 14.6 Å². The van der Waals surface area contributed by atoms with E-state index in [2.05, 4.69) is 10.1 Å². The quantitative estimate of drug-likeness (QED) is 0.534. The number of halogens is 2. The number of oxime groups is 1. The minimum Gasteiger partial charge on any atom is -0.396 e. The van der Waals surface area contributed by atoms with Crippen LogP contribution in [0, 0.1) is 11.6 Å². The second-order valence-corrected chi connectivity index (χ2v) is 8.05. The van der Waals surface area contributed by atoms with Crippen LogP contribution in [-0.4, -0.2) is 54.0 Å². The average Bonchev–Trinajstić information content (AvgIpc) is 3.06. The number of aliphatic hydroxyl groups is 1. The smallest absolute Gasteiger partial charge is 0.166 e. The van der Waals surface area contributed by atoms with Crippen LogP contribution < -0.4 is 4.90 Å². The first-order valence-corrected chi connectivity index (χ1v) is 10.1. The second-order valence-electron chi connectivity index (χ2n) is 8.05. The molecule has 166 valence electrons. The van der Waals surface area contributed by atoms with Crippen molar-refractivity contribution in [3.05, 3.63) is 47.7 Å². The lowest BCUT2D eigenvalue weighted by molar-refractivity contribution is -0.140. The van der Waals surface area contributed by atoms with Gasteiger partial charge in [0.1, 0.15) is 12.4 Å². The number of hydrogen-bond acceptors (Lipinski definition) is 7. The molecule has 31 heavy (non-hydrogen) atoms. The van der Waals surface area contributed by atoms with Crippen molar-refractivity contribution in [2.24, 2.45) is 5.16 Å². The lowest BCUT2D eigenvalue weighted by Gasteiger charge is -2.33. The van der Waals surface area contributed by atoms with Crippen LogP contribution in [0.25, 0.3) is 11.1 Å². The van der Waals surface area contributed by atoms with Crippen molar-refractivity contribution in [2.45, 2.75) is 38.8 Å². The van der Waals surface area contributed by atoms with Crippen molar-refractivity contribution in [3.8, 4) is 11.1 Å². The summed E-state index contributed by atoms with van der Waals surface area (Å²) in [5.41, 5.74) is 1.45. The average molecular weight is 433 g/mol. The van der Waals surface area contributed by atoms with Gasteiger partial charge in [0.15, 0.2) is 17.4 Å². The van der Waals surface area contributed by atoms with Crippen LogP contribution >= 0.6 is 0 Å². The Labute approximate surface area is 179 Å². The van der Waals surface area contributed by atoms with Gasteiger partial charge in [-0.3, -0.25) is 0 Å². The molecule has 0 spiro atoms. The SMILES string of the molecule is CC1(C)OCC(CCON=C2CN(c3ncc(-c4cccc(CO)c4F)cc3F)C2)O1. The number of nitrogens with zero attached hydrogens (tertiary/aromatic N) is 3. The van der Waals surface area contributed by atoms with Crippen molar-refractivity contribution in [2.75, 3.05) is 31.2 Å². The lowest BCUT2D eigenvalue weighted by atomic mass is 10.0. The van der Waals surface area contributed by atoms with Gasteiger partial charge in [-0.15, -0.1) is 0 Å². The summed E-state index contributed by atoms with van der Waals surface area (Å²) in [6, 6.07) is 5.87. The molecule has 1 unspecified atom stereocenters. The highest BCUT2D eigenvalue weighted by atomic mass is 19.1. The summed E-state index contributed by atoms with van der Waals surface area (Å²) in [4.78, 5) is 11.2. The fourth-order valence-corrected chi connectivity index (χ4v) is 3.56.